The Morgan fingerprint density at radius 2 is 1.87 bits per heavy atom. The van der Waals surface area contributed by atoms with E-state index in [1.165, 1.54) is 38.6 Å². The predicted molar refractivity (Wildman–Crippen MR) is 59.7 cm³/mol. The monoisotopic (exact) mass is 210 g/mol. The highest BCUT2D eigenvalue weighted by Gasteiger charge is 2.40. The summed E-state index contributed by atoms with van der Waals surface area (Å²) < 4.78 is 5.46. The van der Waals surface area contributed by atoms with Gasteiger partial charge in [-0.2, -0.15) is 0 Å². The molecule has 0 aromatic heterocycles. The molecule has 3 atom stereocenters. The van der Waals surface area contributed by atoms with Gasteiger partial charge in [0.15, 0.2) is 0 Å². The zero-order valence-electron chi connectivity index (χ0n) is 9.40. The SMILES string of the molecule is NC1CC2CCC(C1)N2CC1CCOC1. The molecule has 3 heteroatoms. The van der Waals surface area contributed by atoms with Crippen molar-refractivity contribution in [1.29, 1.82) is 0 Å². The topological polar surface area (TPSA) is 38.5 Å². The van der Waals surface area contributed by atoms with Crippen molar-refractivity contribution in [3.8, 4) is 0 Å². The van der Waals surface area contributed by atoms with Crippen molar-refractivity contribution in [2.45, 2.75) is 50.2 Å². The lowest BCUT2D eigenvalue weighted by atomic mass is 9.96. The lowest BCUT2D eigenvalue weighted by Gasteiger charge is -2.38. The molecule has 0 spiro atoms. The van der Waals surface area contributed by atoms with Crippen molar-refractivity contribution in [3.63, 3.8) is 0 Å². The minimum atomic E-state index is 0.471. The number of rotatable bonds is 2. The van der Waals surface area contributed by atoms with Gasteiger partial charge in [-0.1, -0.05) is 0 Å². The quantitative estimate of drug-likeness (QED) is 0.738. The lowest BCUT2D eigenvalue weighted by Crippen LogP contribution is -2.49. The van der Waals surface area contributed by atoms with Crippen molar-refractivity contribution in [2.75, 3.05) is 19.8 Å². The van der Waals surface area contributed by atoms with Gasteiger partial charge in [-0.3, -0.25) is 4.90 Å². The average molecular weight is 210 g/mol. The predicted octanol–water partition coefficient (Wildman–Crippen LogP) is 0.977. The fourth-order valence-corrected chi connectivity index (χ4v) is 3.64. The molecule has 15 heavy (non-hydrogen) atoms. The van der Waals surface area contributed by atoms with Crippen LogP contribution in [0, 0.1) is 5.92 Å². The molecule has 3 nitrogen and oxygen atoms in total. The van der Waals surface area contributed by atoms with Crippen molar-refractivity contribution in [3.05, 3.63) is 0 Å². The van der Waals surface area contributed by atoms with Gasteiger partial charge in [-0.15, -0.1) is 0 Å². The van der Waals surface area contributed by atoms with Crippen LogP contribution in [-0.4, -0.2) is 42.8 Å². The summed E-state index contributed by atoms with van der Waals surface area (Å²) in [6.07, 6.45) is 6.48. The Bertz CT molecular complexity index is 214. The van der Waals surface area contributed by atoms with Crippen molar-refractivity contribution < 1.29 is 4.74 Å². The molecule has 3 aliphatic heterocycles. The van der Waals surface area contributed by atoms with Crippen LogP contribution in [0.4, 0.5) is 0 Å². The number of piperidine rings is 1. The van der Waals surface area contributed by atoms with Gasteiger partial charge in [-0.05, 0) is 38.0 Å². The van der Waals surface area contributed by atoms with E-state index in [0.29, 0.717) is 6.04 Å². The number of hydrogen-bond acceptors (Lipinski definition) is 3. The smallest absolute Gasteiger partial charge is 0.0507 e. The second kappa shape index (κ2) is 4.04. The van der Waals surface area contributed by atoms with E-state index in [9.17, 15) is 0 Å². The Morgan fingerprint density at radius 1 is 1.13 bits per heavy atom. The summed E-state index contributed by atoms with van der Waals surface area (Å²) >= 11 is 0. The number of ether oxygens (including phenoxy) is 1. The highest BCUT2D eigenvalue weighted by molar-refractivity contribution is 4.97. The molecule has 2 bridgehead atoms. The van der Waals surface area contributed by atoms with E-state index in [1.54, 1.807) is 0 Å². The average Bonchev–Trinajstić information content (AvgIpc) is 2.77. The summed E-state index contributed by atoms with van der Waals surface area (Å²) in [5.41, 5.74) is 6.07. The van der Waals surface area contributed by atoms with Gasteiger partial charge in [0.1, 0.15) is 0 Å². The van der Waals surface area contributed by atoms with Gasteiger partial charge in [0.05, 0.1) is 6.61 Å². The molecule has 3 heterocycles. The molecule has 3 rings (SSSR count). The van der Waals surface area contributed by atoms with Gasteiger partial charge in [0.2, 0.25) is 0 Å². The van der Waals surface area contributed by atoms with Crippen molar-refractivity contribution in [2.24, 2.45) is 11.7 Å². The van der Waals surface area contributed by atoms with E-state index >= 15 is 0 Å². The molecular formula is C12H22N2O. The first-order valence-corrected chi connectivity index (χ1v) is 6.42. The molecule has 2 N–H and O–H groups in total. The molecular weight excluding hydrogens is 188 g/mol. The van der Waals surface area contributed by atoms with Crippen molar-refractivity contribution in [1.82, 2.24) is 4.90 Å². The van der Waals surface area contributed by atoms with Crippen LogP contribution >= 0.6 is 0 Å². The Morgan fingerprint density at radius 3 is 2.47 bits per heavy atom. The van der Waals surface area contributed by atoms with Gasteiger partial charge >= 0.3 is 0 Å². The molecule has 0 radical (unpaired) electrons. The highest BCUT2D eigenvalue weighted by atomic mass is 16.5. The van der Waals surface area contributed by atoms with Crippen LogP contribution in [0.2, 0.25) is 0 Å². The molecule has 3 unspecified atom stereocenters. The van der Waals surface area contributed by atoms with Crippen molar-refractivity contribution >= 4 is 0 Å². The Balaban J connectivity index is 1.61. The fraction of sp³-hybridized carbons (Fsp3) is 1.00. The third-order valence-corrected chi connectivity index (χ3v) is 4.41. The van der Waals surface area contributed by atoms with Crippen LogP contribution in [0.5, 0.6) is 0 Å². The first-order chi connectivity index (χ1) is 7.33. The summed E-state index contributed by atoms with van der Waals surface area (Å²) in [6.45, 7) is 3.23. The number of nitrogens with zero attached hydrogens (tertiary/aromatic N) is 1. The summed E-state index contributed by atoms with van der Waals surface area (Å²) in [6, 6.07) is 2.05. The zero-order valence-corrected chi connectivity index (χ0v) is 9.40. The molecule has 0 saturated carbocycles. The van der Waals surface area contributed by atoms with Crippen LogP contribution in [0.15, 0.2) is 0 Å². The molecule has 3 saturated heterocycles. The molecule has 0 aromatic carbocycles. The highest BCUT2D eigenvalue weighted by Crippen LogP contribution is 2.36. The molecule has 0 aliphatic carbocycles. The van der Waals surface area contributed by atoms with Gasteiger partial charge < -0.3 is 10.5 Å². The van der Waals surface area contributed by atoms with Crippen LogP contribution < -0.4 is 5.73 Å². The minimum absolute atomic E-state index is 0.471. The van der Waals surface area contributed by atoms with E-state index in [2.05, 4.69) is 4.90 Å². The molecule has 0 amide bonds. The molecule has 3 aliphatic rings. The standard InChI is InChI=1S/C12H22N2O/c13-10-5-11-1-2-12(6-10)14(11)7-9-3-4-15-8-9/h9-12H,1-8,13H2. The maximum absolute atomic E-state index is 6.07. The largest absolute Gasteiger partial charge is 0.381 e. The Labute approximate surface area is 91.9 Å². The number of fused-ring (bicyclic) bond motifs is 2. The van der Waals surface area contributed by atoms with Gasteiger partial charge in [-0.25, -0.2) is 0 Å². The normalized spacial score (nSPS) is 46.2. The first-order valence-electron chi connectivity index (χ1n) is 6.42. The molecule has 0 aromatic rings. The van der Waals surface area contributed by atoms with E-state index in [-0.39, 0.29) is 0 Å². The summed E-state index contributed by atoms with van der Waals surface area (Å²) in [5, 5.41) is 0. The summed E-state index contributed by atoms with van der Waals surface area (Å²) in [4.78, 5) is 2.74. The number of nitrogens with two attached hydrogens (primary N) is 1. The van der Waals surface area contributed by atoms with E-state index in [1.807, 2.05) is 0 Å². The van der Waals surface area contributed by atoms with E-state index in [4.69, 9.17) is 10.5 Å². The zero-order chi connectivity index (χ0) is 10.3. The Hall–Kier alpha value is -0.120. The lowest BCUT2D eigenvalue weighted by molar-refractivity contribution is 0.0991. The Kier molecular flexibility index (Phi) is 2.71. The number of hydrogen-bond donors (Lipinski definition) is 1. The van der Waals surface area contributed by atoms with Gasteiger partial charge in [0.25, 0.3) is 0 Å². The van der Waals surface area contributed by atoms with Gasteiger partial charge in [0, 0.05) is 31.3 Å². The summed E-state index contributed by atoms with van der Waals surface area (Å²) in [7, 11) is 0. The second-order valence-electron chi connectivity index (χ2n) is 5.54. The maximum Gasteiger partial charge on any atom is 0.0507 e. The van der Waals surface area contributed by atoms with Crippen LogP contribution in [-0.2, 0) is 4.74 Å². The van der Waals surface area contributed by atoms with E-state index in [0.717, 1.165) is 31.2 Å². The molecule has 86 valence electrons. The first kappa shape index (κ1) is 10.1. The van der Waals surface area contributed by atoms with Crippen LogP contribution in [0.25, 0.3) is 0 Å². The third-order valence-electron chi connectivity index (χ3n) is 4.41. The fourth-order valence-electron chi connectivity index (χ4n) is 3.64. The van der Waals surface area contributed by atoms with Crippen LogP contribution in [0.1, 0.15) is 32.1 Å². The summed E-state index contributed by atoms with van der Waals surface area (Å²) in [5.74, 6) is 0.794. The van der Waals surface area contributed by atoms with E-state index < -0.39 is 0 Å². The molecule has 3 fully saturated rings. The minimum Gasteiger partial charge on any atom is -0.381 e. The third kappa shape index (κ3) is 1.93. The van der Waals surface area contributed by atoms with Crippen LogP contribution in [0.3, 0.4) is 0 Å². The maximum atomic E-state index is 6.07. The second-order valence-corrected chi connectivity index (χ2v) is 5.54.